The molecule has 0 radical (unpaired) electrons. The van der Waals surface area contributed by atoms with Gasteiger partial charge in [0.15, 0.2) is 11.6 Å². The number of aromatic nitrogens is 3. The number of likely N-dealkylation sites (tertiary alicyclic amines) is 2. The van der Waals surface area contributed by atoms with Crippen LogP contribution in [0.1, 0.15) is 110 Å². The van der Waals surface area contributed by atoms with E-state index in [1.165, 1.54) is 12.1 Å². The first-order chi connectivity index (χ1) is 30.9. The first kappa shape index (κ1) is 45.0. The summed E-state index contributed by atoms with van der Waals surface area (Å²) in [6.07, 6.45) is 12.8. The summed E-state index contributed by atoms with van der Waals surface area (Å²) < 4.78 is 22.3. The van der Waals surface area contributed by atoms with Crippen LogP contribution in [0.5, 0.6) is 5.75 Å². The number of nitrogen functional groups attached to an aromatic ring is 1. The highest BCUT2D eigenvalue weighted by Gasteiger charge is 2.46. The molecule has 5 amide bonds. The summed E-state index contributed by atoms with van der Waals surface area (Å²) in [6, 6.07) is 8.74. The second-order valence-corrected chi connectivity index (χ2v) is 17.9. The van der Waals surface area contributed by atoms with Crippen LogP contribution in [0.3, 0.4) is 0 Å². The number of ether oxygens (including phenoxy) is 1. The fourth-order valence-electron chi connectivity index (χ4n) is 9.09. The van der Waals surface area contributed by atoms with Crippen molar-refractivity contribution in [2.24, 2.45) is 5.92 Å². The Labute approximate surface area is 380 Å². The maximum absolute atomic E-state index is 14.2. The van der Waals surface area contributed by atoms with Crippen LogP contribution >= 0.6 is 23.2 Å². The van der Waals surface area contributed by atoms with Gasteiger partial charge in [-0.25, -0.2) is 9.37 Å². The van der Waals surface area contributed by atoms with Gasteiger partial charge in [0.05, 0.1) is 28.4 Å². The third-order valence-electron chi connectivity index (χ3n) is 12.8. The summed E-state index contributed by atoms with van der Waals surface area (Å²) in [5, 5.41) is 10.4. The second-order valence-electron chi connectivity index (χ2n) is 17.1. The molecule has 4 aromatic rings. The van der Waals surface area contributed by atoms with Crippen LogP contribution in [0.2, 0.25) is 10.0 Å². The lowest BCUT2D eigenvalue weighted by Gasteiger charge is -2.39. The number of nitrogens with one attached hydrogen (secondary N) is 2. The quantitative estimate of drug-likeness (QED) is 0.0560. The van der Waals surface area contributed by atoms with Crippen molar-refractivity contribution in [1.29, 1.82) is 0 Å². The molecule has 0 aliphatic carbocycles. The molecule has 2 atom stereocenters. The van der Waals surface area contributed by atoms with Crippen LogP contribution in [-0.4, -0.2) is 104 Å². The molecule has 6 heterocycles. The summed E-state index contributed by atoms with van der Waals surface area (Å²) in [5.41, 5.74) is 9.15. The third kappa shape index (κ3) is 9.73. The van der Waals surface area contributed by atoms with Gasteiger partial charge in [-0.3, -0.25) is 38.9 Å². The number of unbranched alkanes of at least 4 members (excludes halogenated alkanes) is 4. The van der Waals surface area contributed by atoms with Crippen LogP contribution in [0.25, 0.3) is 11.1 Å². The Kier molecular flexibility index (Phi) is 13.8. The number of fused-ring (bicyclic) bond motifs is 1. The van der Waals surface area contributed by atoms with Crippen LogP contribution in [0.15, 0.2) is 55.0 Å². The Morgan fingerprint density at radius 1 is 0.984 bits per heavy atom. The lowest BCUT2D eigenvalue weighted by atomic mass is 9.98. The second kappa shape index (κ2) is 19.7. The maximum Gasteiger partial charge on any atom is 0.264 e. The Bertz CT molecular complexity index is 2440. The molecule has 2 unspecified atom stereocenters. The first-order valence-electron chi connectivity index (χ1n) is 22.0. The summed E-state index contributed by atoms with van der Waals surface area (Å²) in [6.45, 7) is 6.59. The molecule has 338 valence electrons. The molecule has 4 aliphatic heterocycles. The van der Waals surface area contributed by atoms with Gasteiger partial charge < -0.3 is 25.6 Å². The van der Waals surface area contributed by atoms with Gasteiger partial charge in [0, 0.05) is 91.3 Å². The minimum atomic E-state index is -1.01. The summed E-state index contributed by atoms with van der Waals surface area (Å²) >= 11 is 12.5. The lowest BCUT2D eigenvalue weighted by molar-refractivity contribution is -0.137. The fourth-order valence-corrected chi connectivity index (χ4v) is 9.76. The number of imide groups is 2. The van der Waals surface area contributed by atoms with Crippen molar-refractivity contribution in [3.05, 3.63) is 87.5 Å². The van der Waals surface area contributed by atoms with E-state index in [2.05, 4.69) is 25.6 Å². The number of hydrogen-bond donors (Lipinski definition) is 3. The van der Waals surface area contributed by atoms with Gasteiger partial charge in [-0.05, 0) is 75.9 Å². The molecule has 4 N–H and O–H groups in total. The zero-order chi connectivity index (χ0) is 45.1. The fraction of sp³-hybridized carbons (Fsp3) is 0.457. The highest BCUT2D eigenvalue weighted by Crippen LogP contribution is 2.38. The number of pyridine rings is 1. The maximum atomic E-state index is 14.2. The molecule has 3 saturated heterocycles. The number of halogens is 3. The van der Waals surface area contributed by atoms with Gasteiger partial charge in [-0.2, -0.15) is 5.10 Å². The molecular formula is C46H52Cl2FN9O6. The number of nitrogens with zero attached hydrogens (tertiary/aromatic N) is 6. The van der Waals surface area contributed by atoms with Crippen molar-refractivity contribution in [2.45, 2.75) is 89.3 Å². The molecule has 0 saturated carbocycles. The number of carbonyl (C=O) groups excluding carboxylic acids is 5. The van der Waals surface area contributed by atoms with Gasteiger partial charge in [0.1, 0.15) is 18.0 Å². The van der Waals surface area contributed by atoms with E-state index in [1.54, 1.807) is 37.4 Å². The molecule has 8 rings (SSSR count). The van der Waals surface area contributed by atoms with E-state index in [9.17, 15) is 28.4 Å². The Balaban J connectivity index is 0.693. The molecule has 18 heteroatoms. The van der Waals surface area contributed by atoms with E-state index in [0.29, 0.717) is 48.1 Å². The van der Waals surface area contributed by atoms with Gasteiger partial charge in [0.25, 0.3) is 11.8 Å². The highest BCUT2D eigenvalue weighted by molar-refractivity contribution is 6.36. The number of piperidine rings is 2. The number of rotatable bonds is 17. The average Bonchev–Trinajstić information content (AvgIpc) is 3.85. The highest BCUT2D eigenvalue weighted by atomic mass is 35.5. The van der Waals surface area contributed by atoms with Gasteiger partial charge >= 0.3 is 0 Å². The molecule has 3 fully saturated rings. The number of anilines is 2. The first-order valence-corrected chi connectivity index (χ1v) is 22.8. The van der Waals surface area contributed by atoms with E-state index >= 15 is 0 Å². The van der Waals surface area contributed by atoms with Crippen molar-refractivity contribution in [1.82, 2.24) is 34.8 Å². The Hall–Kier alpha value is -5.58. The molecule has 64 heavy (non-hydrogen) atoms. The van der Waals surface area contributed by atoms with Gasteiger partial charge in [-0.1, -0.05) is 48.5 Å². The van der Waals surface area contributed by atoms with Crippen molar-refractivity contribution in [2.75, 3.05) is 50.3 Å². The van der Waals surface area contributed by atoms with Crippen molar-refractivity contribution in [3.63, 3.8) is 0 Å². The van der Waals surface area contributed by atoms with E-state index in [4.69, 9.17) is 33.7 Å². The number of hydrogen-bond acceptors (Lipinski definition) is 11. The van der Waals surface area contributed by atoms with E-state index < -0.39 is 41.6 Å². The van der Waals surface area contributed by atoms with Gasteiger partial charge in [-0.15, -0.1) is 0 Å². The van der Waals surface area contributed by atoms with Crippen molar-refractivity contribution >= 4 is 64.2 Å². The largest absolute Gasteiger partial charge is 0.482 e. The zero-order valence-corrected chi connectivity index (χ0v) is 37.2. The Morgan fingerprint density at radius 3 is 2.53 bits per heavy atom. The van der Waals surface area contributed by atoms with Gasteiger partial charge in [0.2, 0.25) is 17.7 Å². The van der Waals surface area contributed by atoms with Crippen LogP contribution in [0, 0.1) is 11.7 Å². The van der Waals surface area contributed by atoms with Crippen molar-refractivity contribution in [3.8, 4) is 16.9 Å². The molecule has 2 aromatic carbocycles. The van der Waals surface area contributed by atoms with Crippen LogP contribution in [0.4, 0.5) is 15.9 Å². The summed E-state index contributed by atoms with van der Waals surface area (Å²) in [7, 11) is 0. The minimum Gasteiger partial charge on any atom is -0.482 e. The predicted molar refractivity (Wildman–Crippen MR) is 239 cm³/mol. The molecule has 15 nitrogen and oxygen atoms in total. The van der Waals surface area contributed by atoms with Crippen LogP contribution in [-0.2, 0) is 14.4 Å². The smallest absolute Gasteiger partial charge is 0.264 e. The number of amides is 5. The minimum absolute atomic E-state index is 0.0647. The Morgan fingerprint density at radius 2 is 1.75 bits per heavy atom. The predicted octanol–water partition coefficient (Wildman–Crippen LogP) is 7.06. The van der Waals surface area contributed by atoms with Crippen molar-refractivity contribution < 1.29 is 33.1 Å². The molecule has 0 spiro atoms. The summed E-state index contributed by atoms with van der Waals surface area (Å²) in [5.74, 6) is -1.81. The molecule has 2 aromatic heterocycles. The van der Waals surface area contributed by atoms with E-state index in [-0.39, 0.29) is 52.7 Å². The zero-order valence-electron chi connectivity index (χ0n) is 35.7. The number of carbonyl (C=O) groups is 5. The number of nitrogens with two attached hydrogens (primary N) is 1. The number of benzene rings is 2. The topological polar surface area (TPSA) is 185 Å². The molecule has 0 bridgehead atoms. The van der Waals surface area contributed by atoms with E-state index in [0.717, 1.165) is 80.6 Å². The normalized spacial score (nSPS) is 18.8. The molecule has 4 aliphatic rings. The standard InChI is InChI=1S/C46H52Cl2FN9O6/c1-27(40-33(47)11-12-34(49)42(40)48)64-37-20-29(22-52-43(37)50)30-23-53-57(26-30)31-15-18-55(19-16-31)17-6-4-2-3-5-10-39(60)56-24-28(25-56)21-51-35-9-7-8-32-41(35)46(63)58(45(32)62)36-13-14-38(59)54-44(36)61/h7-9,11-12,20,22-23,26-28,31,36,51H,2-6,10,13-19,21,24-25H2,1H3,(H2,50,52)(H,54,59,61). The lowest BCUT2D eigenvalue weighted by Crippen LogP contribution is -2.54. The monoisotopic (exact) mass is 915 g/mol. The van der Waals surface area contributed by atoms with E-state index in [1.807, 2.05) is 22.0 Å². The van der Waals surface area contributed by atoms with Crippen LogP contribution < -0.4 is 21.1 Å². The third-order valence-corrected chi connectivity index (χ3v) is 13.5. The molecular weight excluding hydrogens is 864 g/mol. The average molecular weight is 917 g/mol. The SMILES string of the molecule is CC(Oc1cc(-c2cnn(C3CCN(CCCCCCCC(=O)N4CC(CNc5cccc6c5C(=O)N(C5CCC(=O)NC5=O)C6=O)C4)CC3)c2)cnc1N)c1c(Cl)ccc(F)c1Cl. The summed E-state index contributed by atoms with van der Waals surface area (Å²) in [4.78, 5) is 73.1.